The number of carbonyl (C=O) groups excluding carboxylic acids is 1. The minimum Gasteiger partial charge on any atom is -0.396 e. The minimum atomic E-state index is -1.01. The highest BCUT2D eigenvalue weighted by Gasteiger charge is 2.23. The van der Waals surface area contributed by atoms with Gasteiger partial charge in [-0.3, -0.25) is 4.79 Å². The molecule has 2 rings (SSSR count). The van der Waals surface area contributed by atoms with Crippen LogP contribution in [0.15, 0.2) is 12.1 Å². The number of ether oxygens (including phenoxy) is 1. The van der Waals surface area contributed by atoms with Crippen molar-refractivity contribution in [3.63, 3.8) is 0 Å². The highest BCUT2D eigenvalue weighted by molar-refractivity contribution is 5.95. The van der Waals surface area contributed by atoms with Crippen LogP contribution in [-0.4, -0.2) is 37.6 Å². The molecule has 1 aromatic carbocycles. The lowest BCUT2D eigenvalue weighted by atomic mass is 10.1. The molecule has 0 aliphatic heterocycles. The van der Waals surface area contributed by atoms with Gasteiger partial charge in [0.2, 0.25) is 0 Å². The molecule has 2 N–H and O–H groups in total. The molecule has 0 atom stereocenters. The lowest BCUT2D eigenvalue weighted by molar-refractivity contribution is 0.0673. The molecule has 1 aliphatic carbocycles. The standard InChI is InChI=1S/C14H18F2N2O2/c1-18(6-7-20-8-9-2-3-9)14(19)12-10(15)4-5-11(17)13(12)16/h4-5,9H,2-3,6-8,17H2,1H3. The zero-order valence-corrected chi connectivity index (χ0v) is 11.4. The van der Waals surface area contributed by atoms with Gasteiger partial charge in [-0.1, -0.05) is 0 Å². The molecule has 0 radical (unpaired) electrons. The van der Waals surface area contributed by atoms with Crippen molar-refractivity contribution in [3.05, 3.63) is 29.3 Å². The van der Waals surface area contributed by atoms with Gasteiger partial charge in [-0.15, -0.1) is 0 Å². The first-order valence-electron chi connectivity index (χ1n) is 6.57. The molecule has 6 heteroatoms. The van der Waals surface area contributed by atoms with E-state index in [1.807, 2.05) is 0 Å². The zero-order chi connectivity index (χ0) is 14.7. The van der Waals surface area contributed by atoms with E-state index in [0.717, 1.165) is 12.1 Å². The van der Waals surface area contributed by atoms with Crippen LogP contribution in [0.3, 0.4) is 0 Å². The fourth-order valence-electron chi connectivity index (χ4n) is 1.79. The van der Waals surface area contributed by atoms with Crippen molar-refractivity contribution in [1.29, 1.82) is 0 Å². The van der Waals surface area contributed by atoms with E-state index in [1.54, 1.807) is 0 Å². The predicted molar refractivity (Wildman–Crippen MR) is 71.3 cm³/mol. The van der Waals surface area contributed by atoms with Crippen LogP contribution in [0.5, 0.6) is 0 Å². The van der Waals surface area contributed by atoms with Crippen molar-refractivity contribution in [1.82, 2.24) is 4.90 Å². The summed E-state index contributed by atoms with van der Waals surface area (Å²) >= 11 is 0. The monoisotopic (exact) mass is 284 g/mol. The molecular weight excluding hydrogens is 266 g/mol. The van der Waals surface area contributed by atoms with E-state index in [1.165, 1.54) is 24.8 Å². The normalized spacial score (nSPS) is 14.3. The molecular formula is C14H18F2N2O2. The molecule has 0 saturated heterocycles. The Balaban J connectivity index is 1.93. The molecule has 0 heterocycles. The third-order valence-corrected chi connectivity index (χ3v) is 3.30. The summed E-state index contributed by atoms with van der Waals surface area (Å²) in [4.78, 5) is 13.2. The Morgan fingerprint density at radius 2 is 2.15 bits per heavy atom. The molecule has 0 unspecified atom stereocenters. The van der Waals surface area contributed by atoms with Crippen molar-refractivity contribution < 1.29 is 18.3 Å². The first-order chi connectivity index (χ1) is 9.50. The highest BCUT2D eigenvalue weighted by Crippen LogP contribution is 2.28. The lowest BCUT2D eigenvalue weighted by Crippen LogP contribution is -2.32. The molecule has 1 aliphatic rings. The molecule has 1 amide bonds. The molecule has 1 saturated carbocycles. The number of anilines is 1. The lowest BCUT2D eigenvalue weighted by Gasteiger charge is -2.18. The summed E-state index contributed by atoms with van der Waals surface area (Å²) in [6, 6.07) is 2.09. The van der Waals surface area contributed by atoms with Gasteiger partial charge in [-0.05, 0) is 30.9 Å². The second-order valence-electron chi connectivity index (χ2n) is 5.07. The number of rotatable bonds is 6. The Hall–Kier alpha value is -1.69. The van der Waals surface area contributed by atoms with E-state index in [4.69, 9.17) is 10.5 Å². The van der Waals surface area contributed by atoms with Crippen molar-refractivity contribution >= 4 is 11.6 Å². The Kier molecular flexibility index (Phi) is 4.54. The maximum Gasteiger partial charge on any atom is 0.259 e. The number of likely N-dealkylation sites (N-methyl/N-ethyl adjacent to an activating group) is 1. The molecule has 0 spiro atoms. The predicted octanol–water partition coefficient (Wildman–Crippen LogP) is 2.05. The molecule has 0 aromatic heterocycles. The van der Waals surface area contributed by atoms with Gasteiger partial charge in [0.15, 0.2) is 5.82 Å². The summed E-state index contributed by atoms with van der Waals surface area (Å²) in [5, 5.41) is 0. The van der Waals surface area contributed by atoms with Gasteiger partial charge in [-0.25, -0.2) is 8.78 Å². The topological polar surface area (TPSA) is 55.6 Å². The maximum absolute atomic E-state index is 13.7. The fraction of sp³-hybridized carbons (Fsp3) is 0.500. The third kappa shape index (κ3) is 3.45. The van der Waals surface area contributed by atoms with E-state index < -0.39 is 23.1 Å². The van der Waals surface area contributed by atoms with Gasteiger partial charge in [0.05, 0.1) is 12.3 Å². The van der Waals surface area contributed by atoms with E-state index in [9.17, 15) is 13.6 Å². The largest absolute Gasteiger partial charge is 0.396 e. The van der Waals surface area contributed by atoms with Crippen molar-refractivity contribution in [3.8, 4) is 0 Å². The van der Waals surface area contributed by atoms with Crippen LogP contribution in [0.25, 0.3) is 0 Å². The van der Waals surface area contributed by atoms with Gasteiger partial charge in [0.1, 0.15) is 11.4 Å². The van der Waals surface area contributed by atoms with Crippen LogP contribution in [-0.2, 0) is 4.74 Å². The molecule has 4 nitrogen and oxygen atoms in total. The fourth-order valence-corrected chi connectivity index (χ4v) is 1.79. The Morgan fingerprint density at radius 1 is 1.45 bits per heavy atom. The Labute approximate surface area is 116 Å². The third-order valence-electron chi connectivity index (χ3n) is 3.30. The molecule has 20 heavy (non-hydrogen) atoms. The van der Waals surface area contributed by atoms with Crippen LogP contribution in [0.1, 0.15) is 23.2 Å². The highest BCUT2D eigenvalue weighted by atomic mass is 19.1. The number of nitrogen functional groups attached to an aromatic ring is 1. The zero-order valence-electron chi connectivity index (χ0n) is 11.4. The van der Waals surface area contributed by atoms with Crippen molar-refractivity contribution in [2.24, 2.45) is 5.92 Å². The summed E-state index contributed by atoms with van der Waals surface area (Å²) in [5.41, 5.74) is 4.49. The number of benzene rings is 1. The second kappa shape index (κ2) is 6.17. The summed E-state index contributed by atoms with van der Waals surface area (Å²) in [5.74, 6) is -2.02. The number of halogens is 2. The summed E-state index contributed by atoms with van der Waals surface area (Å²) in [7, 11) is 1.48. The van der Waals surface area contributed by atoms with E-state index in [0.29, 0.717) is 19.1 Å². The van der Waals surface area contributed by atoms with Gasteiger partial charge >= 0.3 is 0 Å². The quantitative estimate of drug-likeness (QED) is 0.642. The number of nitrogens with two attached hydrogens (primary N) is 1. The number of amides is 1. The summed E-state index contributed by atoms with van der Waals surface area (Å²) in [6.45, 7) is 1.31. The first kappa shape index (κ1) is 14.7. The average molecular weight is 284 g/mol. The van der Waals surface area contributed by atoms with Crippen molar-refractivity contribution in [2.45, 2.75) is 12.8 Å². The van der Waals surface area contributed by atoms with Crippen LogP contribution in [0.2, 0.25) is 0 Å². The SMILES string of the molecule is CN(CCOCC1CC1)C(=O)c1c(F)ccc(N)c1F. The van der Waals surface area contributed by atoms with Gasteiger partial charge in [-0.2, -0.15) is 0 Å². The van der Waals surface area contributed by atoms with Crippen LogP contribution >= 0.6 is 0 Å². The van der Waals surface area contributed by atoms with Crippen LogP contribution in [0.4, 0.5) is 14.5 Å². The van der Waals surface area contributed by atoms with E-state index >= 15 is 0 Å². The van der Waals surface area contributed by atoms with Crippen LogP contribution in [0, 0.1) is 17.6 Å². The second-order valence-corrected chi connectivity index (χ2v) is 5.07. The van der Waals surface area contributed by atoms with Gasteiger partial charge in [0.25, 0.3) is 5.91 Å². The maximum atomic E-state index is 13.7. The van der Waals surface area contributed by atoms with Gasteiger partial charge < -0.3 is 15.4 Å². The van der Waals surface area contributed by atoms with Crippen molar-refractivity contribution in [2.75, 3.05) is 32.5 Å². The molecule has 1 aromatic rings. The summed E-state index contributed by atoms with van der Waals surface area (Å²) < 4.78 is 32.7. The first-order valence-corrected chi connectivity index (χ1v) is 6.57. The minimum absolute atomic E-state index is 0.242. The van der Waals surface area contributed by atoms with Crippen LogP contribution < -0.4 is 5.73 Å². The number of carbonyl (C=O) groups is 1. The molecule has 0 bridgehead atoms. The number of hydrogen-bond donors (Lipinski definition) is 1. The Morgan fingerprint density at radius 3 is 2.80 bits per heavy atom. The smallest absolute Gasteiger partial charge is 0.259 e. The van der Waals surface area contributed by atoms with E-state index in [2.05, 4.69) is 0 Å². The average Bonchev–Trinajstić information content (AvgIpc) is 3.23. The molecule has 1 fully saturated rings. The van der Waals surface area contributed by atoms with Gasteiger partial charge in [0, 0.05) is 20.2 Å². The number of nitrogens with zero attached hydrogens (tertiary/aromatic N) is 1. The number of hydrogen-bond acceptors (Lipinski definition) is 3. The van der Waals surface area contributed by atoms with E-state index in [-0.39, 0.29) is 12.2 Å². The summed E-state index contributed by atoms with van der Waals surface area (Å²) in [6.07, 6.45) is 2.38. The Bertz CT molecular complexity index is 504. The molecule has 110 valence electrons.